The van der Waals surface area contributed by atoms with E-state index in [0.717, 1.165) is 48.9 Å². The standard InChI is InChI=1S/C22H24FN3O3/c1-12-5-8-19(17(23)9-12)26-18-4-2-3-14(18)20(24-26)21(27)25-10-15(13-6-7-13)16(11-25)22(28)29/h5,8-9,13,15-16H,2-4,6-7,10-11H2,1H3,(H,28,29)/t15-,16+/m1/s1. The molecule has 0 bridgehead atoms. The van der Waals surface area contributed by atoms with Crippen LogP contribution in [0.4, 0.5) is 4.39 Å². The first-order valence-corrected chi connectivity index (χ1v) is 10.3. The summed E-state index contributed by atoms with van der Waals surface area (Å²) in [4.78, 5) is 26.7. The Balaban J connectivity index is 1.49. The number of aromatic nitrogens is 2. The summed E-state index contributed by atoms with van der Waals surface area (Å²) in [5.41, 5.74) is 3.32. The number of nitrogens with zero attached hydrogens (tertiary/aromatic N) is 3. The zero-order chi connectivity index (χ0) is 20.3. The first kappa shape index (κ1) is 18.3. The molecule has 2 atom stereocenters. The summed E-state index contributed by atoms with van der Waals surface area (Å²) in [6, 6.07) is 5.00. The number of rotatable bonds is 4. The number of fused-ring (bicyclic) bond motifs is 1. The van der Waals surface area contributed by atoms with Crippen LogP contribution in [-0.2, 0) is 17.6 Å². The third-order valence-electron chi connectivity index (χ3n) is 6.66. The Morgan fingerprint density at radius 1 is 1.21 bits per heavy atom. The van der Waals surface area contributed by atoms with Crippen LogP contribution < -0.4 is 0 Å². The summed E-state index contributed by atoms with van der Waals surface area (Å²) in [5, 5.41) is 14.1. The highest BCUT2D eigenvalue weighted by molar-refractivity contribution is 5.95. The van der Waals surface area contributed by atoms with Crippen LogP contribution in [0.1, 0.15) is 46.6 Å². The number of carboxylic acids is 1. The van der Waals surface area contributed by atoms with E-state index in [2.05, 4.69) is 5.10 Å². The minimum absolute atomic E-state index is 0.0288. The Bertz CT molecular complexity index is 1010. The molecule has 0 unspecified atom stereocenters. The van der Waals surface area contributed by atoms with Gasteiger partial charge < -0.3 is 10.0 Å². The monoisotopic (exact) mass is 397 g/mol. The molecule has 6 nitrogen and oxygen atoms in total. The van der Waals surface area contributed by atoms with Gasteiger partial charge in [0.2, 0.25) is 0 Å². The van der Waals surface area contributed by atoms with Gasteiger partial charge in [-0.2, -0.15) is 5.10 Å². The highest BCUT2D eigenvalue weighted by atomic mass is 19.1. The molecule has 29 heavy (non-hydrogen) atoms. The lowest BCUT2D eigenvalue weighted by Crippen LogP contribution is -2.31. The van der Waals surface area contributed by atoms with Crippen molar-refractivity contribution in [2.45, 2.75) is 39.0 Å². The molecule has 1 aliphatic heterocycles. The minimum atomic E-state index is -0.824. The van der Waals surface area contributed by atoms with Gasteiger partial charge in [0.15, 0.2) is 5.69 Å². The van der Waals surface area contributed by atoms with Crippen molar-refractivity contribution in [2.24, 2.45) is 17.8 Å². The Kier molecular flexibility index (Phi) is 4.22. The largest absolute Gasteiger partial charge is 0.481 e. The quantitative estimate of drug-likeness (QED) is 0.861. The molecule has 1 N–H and O–H groups in total. The molecule has 2 heterocycles. The van der Waals surface area contributed by atoms with Crippen molar-refractivity contribution in [3.05, 3.63) is 46.5 Å². The van der Waals surface area contributed by atoms with Crippen molar-refractivity contribution >= 4 is 11.9 Å². The van der Waals surface area contributed by atoms with Gasteiger partial charge in [0, 0.05) is 24.3 Å². The number of hydrogen-bond acceptors (Lipinski definition) is 3. The molecular formula is C22H24FN3O3. The van der Waals surface area contributed by atoms with Crippen molar-refractivity contribution in [3.63, 3.8) is 0 Å². The maximum Gasteiger partial charge on any atom is 0.308 e. The lowest BCUT2D eigenvalue weighted by molar-refractivity contribution is -0.142. The number of halogens is 1. The van der Waals surface area contributed by atoms with Gasteiger partial charge in [0.05, 0.1) is 5.92 Å². The molecule has 0 radical (unpaired) electrons. The maximum atomic E-state index is 14.6. The first-order chi connectivity index (χ1) is 13.9. The lowest BCUT2D eigenvalue weighted by atomic mass is 9.92. The normalized spacial score (nSPS) is 23.4. The average Bonchev–Trinajstić information content (AvgIpc) is 3.11. The predicted octanol–water partition coefficient (Wildman–Crippen LogP) is 2.99. The molecule has 0 spiro atoms. The van der Waals surface area contributed by atoms with Crippen molar-refractivity contribution in [2.75, 3.05) is 13.1 Å². The number of benzene rings is 1. The highest BCUT2D eigenvalue weighted by Crippen LogP contribution is 2.44. The Labute approximate surface area is 168 Å². The van der Waals surface area contributed by atoms with E-state index >= 15 is 0 Å². The van der Waals surface area contributed by atoms with Crippen molar-refractivity contribution < 1.29 is 19.1 Å². The number of carbonyl (C=O) groups is 2. The van der Waals surface area contributed by atoms with Crippen LogP contribution in [0.25, 0.3) is 5.69 Å². The molecular weight excluding hydrogens is 373 g/mol. The molecule has 2 aliphatic carbocycles. The third kappa shape index (κ3) is 3.03. The predicted molar refractivity (Wildman–Crippen MR) is 104 cm³/mol. The summed E-state index contributed by atoms with van der Waals surface area (Å²) in [6.07, 6.45) is 4.50. The smallest absolute Gasteiger partial charge is 0.308 e. The van der Waals surface area contributed by atoms with Crippen molar-refractivity contribution in [1.29, 1.82) is 0 Å². The zero-order valence-corrected chi connectivity index (χ0v) is 16.4. The Morgan fingerprint density at radius 2 is 2.00 bits per heavy atom. The van der Waals surface area contributed by atoms with E-state index in [1.807, 2.05) is 13.0 Å². The van der Waals surface area contributed by atoms with E-state index in [0.29, 0.717) is 23.8 Å². The Hall–Kier alpha value is -2.70. The third-order valence-corrected chi connectivity index (χ3v) is 6.66. The highest BCUT2D eigenvalue weighted by Gasteiger charge is 2.47. The number of carbonyl (C=O) groups excluding carboxylic acids is 1. The van der Waals surface area contributed by atoms with Crippen LogP contribution in [0, 0.1) is 30.5 Å². The molecule has 1 saturated heterocycles. The molecule has 1 aromatic carbocycles. The SMILES string of the molecule is Cc1ccc(-n2nc(C(=O)N3C[C@H](C(=O)O)[C@@H](C4CC4)C3)c3c2CCC3)c(F)c1. The van der Waals surface area contributed by atoms with Crippen LogP contribution in [0.3, 0.4) is 0 Å². The fourth-order valence-corrected chi connectivity index (χ4v) is 5.00. The van der Waals surface area contributed by atoms with Gasteiger partial charge >= 0.3 is 5.97 Å². The molecule has 1 aromatic heterocycles. The number of aliphatic carboxylic acids is 1. The van der Waals surface area contributed by atoms with E-state index in [-0.39, 0.29) is 24.2 Å². The van der Waals surface area contributed by atoms with Gasteiger partial charge in [-0.05, 0) is 68.6 Å². The number of aryl methyl sites for hydroxylation is 1. The summed E-state index contributed by atoms with van der Waals surface area (Å²) in [6.45, 7) is 2.54. The van der Waals surface area contributed by atoms with Crippen molar-refractivity contribution in [1.82, 2.24) is 14.7 Å². The minimum Gasteiger partial charge on any atom is -0.481 e. The van der Waals surface area contributed by atoms with Crippen LogP contribution >= 0.6 is 0 Å². The molecule has 1 amide bonds. The molecule has 5 rings (SSSR count). The van der Waals surface area contributed by atoms with Crippen molar-refractivity contribution in [3.8, 4) is 5.69 Å². The van der Waals surface area contributed by atoms with E-state index in [1.54, 1.807) is 15.6 Å². The van der Waals surface area contributed by atoms with E-state index in [4.69, 9.17) is 0 Å². The maximum absolute atomic E-state index is 14.6. The van der Waals surface area contributed by atoms with Crippen LogP contribution in [-0.4, -0.2) is 44.8 Å². The average molecular weight is 397 g/mol. The van der Waals surface area contributed by atoms with E-state index in [1.165, 1.54) is 6.07 Å². The number of likely N-dealkylation sites (tertiary alicyclic amines) is 1. The fraction of sp³-hybridized carbons (Fsp3) is 0.500. The molecule has 3 aliphatic rings. The molecule has 2 fully saturated rings. The fourth-order valence-electron chi connectivity index (χ4n) is 5.00. The lowest BCUT2D eigenvalue weighted by Gasteiger charge is -2.15. The second-order valence-electron chi connectivity index (χ2n) is 8.65. The molecule has 2 aromatic rings. The summed E-state index contributed by atoms with van der Waals surface area (Å²) in [5.74, 6) is -1.46. The Morgan fingerprint density at radius 3 is 2.69 bits per heavy atom. The van der Waals surface area contributed by atoms with Gasteiger partial charge in [0.25, 0.3) is 5.91 Å². The van der Waals surface area contributed by atoms with Gasteiger partial charge in [0.1, 0.15) is 11.5 Å². The van der Waals surface area contributed by atoms with Gasteiger partial charge in [-0.25, -0.2) is 9.07 Å². The first-order valence-electron chi connectivity index (χ1n) is 10.3. The van der Waals surface area contributed by atoms with Crippen LogP contribution in [0.15, 0.2) is 18.2 Å². The molecule has 1 saturated carbocycles. The topological polar surface area (TPSA) is 75.4 Å². The molecule has 152 valence electrons. The van der Waals surface area contributed by atoms with E-state index < -0.39 is 11.9 Å². The number of hydrogen-bond donors (Lipinski definition) is 1. The molecule has 7 heteroatoms. The van der Waals surface area contributed by atoms with Crippen LogP contribution in [0.2, 0.25) is 0 Å². The second-order valence-corrected chi connectivity index (χ2v) is 8.65. The second kappa shape index (κ2) is 6.68. The van der Waals surface area contributed by atoms with Gasteiger partial charge in [-0.15, -0.1) is 0 Å². The zero-order valence-electron chi connectivity index (χ0n) is 16.4. The number of amides is 1. The van der Waals surface area contributed by atoms with E-state index in [9.17, 15) is 19.1 Å². The van der Waals surface area contributed by atoms with Crippen LogP contribution in [0.5, 0.6) is 0 Å². The van der Waals surface area contributed by atoms with Gasteiger partial charge in [-0.1, -0.05) is 6.07 Å². The number of carboxylic acid groups (broad SMARTS) is 1. The van der Waals surface area contributed by atoms with Gasteiger partial charge in [-0.3, -0.25) is 9.59 Å². The summed E-state index contributed by atoms with van der Waals surface area (Å²) >= 11 is 0. The summed E-state index contributed by atoms with van der Waals surface area (Å²) < 4.78 is 16.2. The summed E-state index contributed by atoms with van der Waals surface area (Å²) in [7, 11) is 0.